The first kappa shape index (κ1) is 8.32. The van der Waals surface area contributed by atoms with E-state index < -0.39 is 11.1 Å². The van der Waals surface area contributed by atoms with Crippen molar-refractivity contribution < 1.29 is 13.2 Å². The van der Waals surface area contributed by atoms with Crippen LogP contribution in [0.5, 0.6) is 0 Å². The van der Waals surface area contributed by atoms with Gasteiger partial charge in [-0.3, -0.25) is 0 Å². The molecule has 0 bridgehead atoms. The zero-order chi connectivity index (χ0) is 7.78. The van der Waals surface area contributed by atoms with E-state index in [1.54, 1.807) is 0 Å². The second-order valence-corrected chi connectivity index (χ2v) is 4.58. The van der Waals surface area contributed by atoms with Crippen molar-refractivity contribution in [2.24, 2.45) is 0 Å². The molecule has 1 aromatic rings. The maximum Gasteiger partial charge on any atom is 0.425 e. The van der Waals surface area contributed by atoms with Crippen LogP contribution in [0.3, 0.4) is 0 Å². The van der Waals surface area contributed by atoms with Gasteiger partial charge < -0.3 is 0 Å². The molecule has 0 nitrogen and oxygen atoms in total. The highest BCUT2D eigenvalue weighted by molar-refractivity contribution is 14.1. The molecule has 0 N–H and O–H groups in total. The van der Waals surface area contributed by atoms with Crippen LogP contribution in [0.25, 0.3) is 0 Å². The van der Waals surface area contributed by atoms with Gasteiger partial charge in [0.15, 0.2) is 0 Å². The van der Waals surface area contributed by atoms with Crippen LogP contribution < -0.4 is 0 Å². The fraction of sp³-hybridized carbons (Fsp3) is 0.200. The van der Waals surface area contributed by atoms with Gasteiger partial charge in [-0.2, -0.15) is 13.2 Å². The van der Waals surface area contributed by atoms with Crippen molar-refractivity contribution in [3.8, 4) is 0 Å². The van der Waals surface area contributed by atoms with Crippen LogP contribution in [0, 0.1) is 2.88 Å². The lowest BCUT2D eigenvalue weighted by molar-refractivity contribution is -0.134. The van der Waals surface area contributed by atoms with Gasteiger partial charge >= 0.3 is 6.18 Å². The third-order valence-electron chi connectivity index (χ3n) is 0.853. The summed E-state index contributed by atoms with van der Waals surface area (Å²) in [7, 11) is 0. The lowest BCUT2D eigenvalue weighted by Crippen LogP contribution is -2.00. The topological polar surface area (TPSA) is 0 Å². The number of thiophene rings is 1. The Kier molecular flexibility index (Phi) is 2.24. The van der Waals surface area contributed by atoms with Crippen molar-refractivity contribution in [2.75, 3.05) is 0 Å². The molecule has 0 amide bonds. The Morgan fingerprint density at radius 1 is 1.30 bits per heavy atom. The average Bonchev–Trinajstić information content (AvgIpc) is 2.11. The summed E-state index contributed by atoms with van der Waals surface area (Å²) in [5.74, 6) is 0. The van der Waals surface area contributed by atoms with Crippen molar-refractivity contribution >= 4 is 33.9 Å². The number of halogens is 4. The Labute approximate surface area is 73.2 Å². The smallest absolute Gasteiger partial charge is 0.165 e. The van der Waals surface area contributed by atoms with E-state index in [2.05, 4.69) is 0 Å². The van der Waals surface area contributed by atoms with E-state index in [0.717, 1.165) is 17.4 Å². The molecule has 1 rings (SSSR count). The zero-order valence-electron chi connectivity index (χ0n) is 4.57. The molecule has 0 saturated heterocycles. The van der Waals surface area contributed by atoms with Gasteiger partial charge in [0.1, 0.15) is 4.88 Å². The SMILES string of the molecule is FC(F)(F)c1ccc(I)s1. The lowest BCUT2D eigenvalue weighted by Gasteiger charge is -1.99. The molecule has 1 aromatic heterocycles. The van der Waals surface area contributed by atoms with Gasteiger partial charge in [-0.05, 0) is 34.7 Å². The van der Waals surface area contributed by atoms with E-state index in [1.807, 2.05) is 22.6 Å². The van der Waals surface area contributed by atoms with Gasteiger partial charge in [-0.25, -0.2) is 0 Å². The molecule has 0 radical (unpaired) electrons. The Balaban J connectivity index is 2.96. The van der Waals surface area contributed by atoms with Crippen molar-refractivity contribution in [1.82, 2.24) is 0 Å². The Hall–Kier alpha value is 0.220. The van der Waals surface area contributed by atoms with Crippen LogP contribution >= 0.6 is 33.9 Å². The van der Waals surface area contributed by atoms with Gasteiger partial charge in [-0.1, -0.05) is 0 Å². The molecule has 0 aromatic carbocycles. The fourth-order valence-electron chi connectivity index (χ4n) is 0.467. The normalized spacial score (nSPS) is 12.0. The molecule has 0 atom stereocenters. The van der Waals surface area contributed by atoms with Crippen LogP contribution in [-0.4, -0.2) is 0 Å². The molecular weight excluding hydrogens is 276 g/mol. The number of alkyl halides is 3. The summed E-state index contributed by atoms with van der Waals surface area (Å²) in [6, 6.07) is 2.54. The minimum atomic E-state index is -4.17. The average molecular weight is 278 g/mol. The third-order valence-corrected chi connectivity index (χ3v) is 2.79. The summed E-state index contributed by atoms with van der Waals surface area (Å²) in [4.78, 5) is -0.531. The first-order valence-electron chi connectivity index (χ1n) is 2.32. The predicted octanol–water partition coefficient (Wildman–Crippen LogP) is 3.37. The quantitative estimate of drug-likeness (QED) is 0.638. The number of hydrogen-bond acceptors (Lipinski definition) is 1. The van der Waals surface area contributed by atoms with Crippen LogP contribution in [0.2, 0.25) is 0 Å². The summed E-state index contributed by atoms with van der Waals surface area (Å²) in [6.45, 7) is 0. The van der Waals surface area contributed by atoms with E-state index in [-0.39, 0.29) is 0 Å². The summed E-state index contributed by atoms with van der Waals surface area (Å²) < 4.78 is 36.1. The molecular formula is C5H2F3IS. The largest absolute Gasteiger partial charge is 0.425 e. The van der Waals surface area contributed by atoms with Crippen LogP contribution in [-0.2, 0) is 6.18 Å². The first-order chi connectivity index (χ1) is 4.50. The molecule has 0 aliphatic rings. The molecule has 10 heavy (non-hydrogen) atoms. The molecule has 0 aliphatic carbocycles. The summed E-state index contributed by atoms with van der Waals surface area (Å²) in [5.41, 5.74) is 0. The van der Waals surface area contributed by atoms with Crippen molar-refractivity contribution in [3.05, 3.63) is 19.9 Å². The molecule has 0 fully saturated rings. The molecule has 56 valence electrons. The summed E-state index contributed by atoms with van der Waals surface area (Å²) >= 11 is 2.62. The van der Waals surface area contributed by atoms with E-state index in [0.29, 0.717) is 2.88 Å². The number of rotatable bonds is 0. The first-order valence-corrected chi connectivity index (χ1v) is 4.22. The summed E-state index contributed by atoms with van der Waals surface area (Å²) in [5, 5.41) is 0. The second kappa shape index (κ2) is 2.69. The van der Waals surface area contributed by atoms with Gasteiger partial charge in [0.25, 0.3) is 0 Å². The van der Waals surface area contributed by atoms with E-state index in [4.69, 9.17) is 0 Å². The highest BCUT2D eigenvalue weighted by Gasteiger charge is 2.31. The lowest BCUT2D eigenvalue weighted by atomic mass is 10.5. The maximum absolute atomic E-state index is 11.8. The second-order valence-electron chi connectivity index (χ2n) is 1.60. The van der Waals surface area contributed by atoms with Gasteiger partial charge in [0, 0.05) is 0 Å². The Morgan fingerprint density at radius 2 is 1.90 bits per heavy atom. The molecule has 1 heterocycles. The predicted molar refractivity (Wildman–Crippen MR) is 42.0 cm³/mol. The van der Waals surface area contributed by atoms with Crippen LogP contribution in [0.4, 0.5) is 13.2 Å². The van der Waals surface area contributed by atoms with Crippen LogP contribution in [0.15, 0.2) is 12.1 Å². The van der Waals surface area contributed by atoms with E-state index >= 15 is 0 Å². The molecule has 0 aliphatic heterocycles. The van der Waals surface area contributed by atoms with Crippen molar-refractivity contribution in [2.45, 2.75) is 6.18 Å². The maximum atomic E-state index is 11.8. The standard InChI is InChI=1S/C5H2F3IS/c6-5(7,8)3-1-2-4(9)10-3/h1-2H. The van der Waals surface area contributed by atoms with Crippen LogP contribution in [0.1, 0.15) is 4.88 Å². The van der Waals surface area contributed by atoms with Gasteiger partial charge in [-0.15, -0.1) is 11.3 Å². The Bertz CT molecular complexity index is 227. The number of hydrogen-bond donors (Lipinski definition) is 0. The summed E-state index contributed by atoms with van der Waals surface area (Å²) in [6.07, 6.45) is -4.17. The molecule has 0 spiro atoms. The van der Waals surface area contributed by atoms with E-state index in [1.165, 1.54) is 6.07 Å². The third kappa shape index (κ3) is 1.85. The molecule has 0 unspecified atom stereocenters. The minimum Gasteiger partial charge on any atom is -0.165 e. The molecule has 5 heteroatoms. The van der Waals surface area contributed by atoms with E-state index in [9.17, 15) is 13.2 Å². The highest BCUT2D eigenvalue weighted by atomic mass is 127. The van der Waals surface area contributed by atoms with Gasteiger partial charge in [0.2, 0.25) is 0 Å². The fourth-order valence-corrected chi connectivity index (χ4v) is 1.96. The van der Waals surface area contributed by atoms with Crippen molar-refractivity contribution in [3.63, 3.8) is 0 Å². The minimum absolute atomic E-state index is 0.531. The highest BCUT2D eigenvalue weighted by Crippen LogP contribution is 2.34. The molecule has 0 saturated carbocycles. The van der Waals surface area contributed by atoms with Gasteiger partial charge in [0.05, 0.1) is 2.88 Å². The zero-order valence-corrected chi connectivity index (χ0v) is 7.55. The monoisotopic (exact) mass is 278 g/mol. The van der Waals surface area contributed by atoms with Crippen molar-refractivity contribution in [1.29, 1.82) is 0 Å². The Morgan fingerprint density at radius 3 is 2.10 bits per heavy atom.